The first-order valence-corrected chi connectivity index (χ1v) is 16.9. The third-order valence-electron chi connectivity index (χ3n) is 10.2. The van der Waals surface area contributed by atoms with Crippen molar-refractivity contribution in [2.24, 2.45) is 0 Å². The number of rotatable bonds is 6. The van der Waals surface area contributed by atoms with Crippen LogP contribution in [-0.4, -0.2) is 77.6 Å². The van der Waals surface area contributed by atoms with Crippen LogP contribution in [0.3, 0.4) is 0 Å². The third-order valence-corrected chi connectivity index (χ3v) is 10.2. The molecule has 46 heavy (non-hydrogen) atoms. The second-order valence-electron chi connectivity index (χ2n) is 13.2. The summed E-state index contributed by atoms with van der Waals surface area (Å²) in [5.74, 6) is 3.16. The van der Waals surface area contributed by atoms with E-state index in [0.717, 1.165) is 106 Å². The van der Waals surface area contributed by atoms with E-state index >= 15 is 0 Å². The number of hydrogen-bond acceptors (Lipinski definition) is 7. The molecule has 240 valence electrons. The molecule has 2 aromatic heterocycles. The molecule has 3 fully saturated rings. The minimum absolute atomic E-state index is 0.0764. The van der Waals surface area contributed by atoms with E-state index in [1.54, 1.807) is 12.3 Å². The first-order valence-electron chi connectivity index (χ1n) is 16.9. The average Bonchev–Trinajstić information content (AvgIpc) is 3.54. The third kappa shape index (κ3) is 6.37. The first-order chi connectivity index (χ1) is 22.4. The molecule has 7 rings (SSSR count). The number of allylic oxidation sites excluding steroid dienone is 4. The molecule has 0 radical (unpaired) electrons. The number of aromatic nitrogens is 3. The van der Waals surface area contributed by atoms with Crippen LogP contribution in [0, 0.1) is 6.92 Å². The molecule has 0 saturated carbocycles. The molecule has 1 aromatic carbocycles. The van der Waals surface area contributed by atoms with Gasteiger partial charge in [0.25, 0.3) is 5.91 Å². The fourth-order valence-electron chi connectivity index (χ4n) is 7.42. The number of halogens is 1. The molecule has 0 spiro atoms. The zero-order chi connectivity index (χ0) is 31.6. The number of hydrogen-bond donors (Lipinski definition) is 0. The summed E-state index contributed by atoms with van der Waals surface area (Å²) in [7, 11) is 0. The van der Waals surface area contributed by atoms with Crippen molar-refractivity contribution in [1.29, 1.82) is 0 Å². The maximum atomic E-state index is 13.8. The topological polar surface area (TPSA) is 68.7 Å². The minimum Gasteiger partial charge on any atom is -0.353 e. The molecule has 3 aliphatic heterocycles. The Morgan fingerprint density at radius 2 is 1.63 bits per heavy atom. The van der Waals surface area contributed by atoms with Crippen LogP contribution < -0.4 is 14.7 Å². The van der Waals surface area contributed by atoms with Gasteiger partial charge in [0.15, 0.2) is 0 Å². The molecule has 0 N–H and O–H groups in total. The Morgan fingerprint density at radius 3 is 2.30 bits per heavy atom. The van der Waals surface area contributed by atoms with Crippen LogP contribution >= 0.6 is 0 Å². The van der Waals surface area contributed by atoms with Crippen molar-refractivity contribution in [3.63, 3.8) is 0 Å². The molecule has 4 aliphatic rings. The number of anilines is 3. The number of piperidine rings is 1. The fourth-order valence-corrected chi connectivity index (χ4v) is 7.42. The predicted octanol–water partition coefficient (Wildman–Crippen LogP) is 6.55. The Balaban J connectivity index is 1.01. The van der Waals surface area contributed by atoms with Crippen molar-refractivity contribution in [2.75, 3.05) is 60.5 Å². The molecule has 5 heterocycles. The van der Waals surface area contributed by atoms with E-state index in [2.05, 4.69) is 64.9 Å². The molecule has 3 saturated heterocycles. The summed E-state index contributed by atoms with van der Waals surface area (Å²) >= 11 is 0. The van der Waals surface area contributed by atoms with E-state index in [1.807, 2.05) is 17.0 Å². The van der Waals surface area contributed by atoms with E-state index < -0.39 is 0 Å². The Bertz CT molecular complexity index is 1620. The first kappa shape index (κ1) is 30.4. The minimum atomic E-state index is -0.0766. The van der Waals surface area contributed by atoms with Crippen molar-refractivity contribution >= 4 is 29.1 Å². The summed E-state index contributed by atoms with van der Waals surface area (Å²) < 4.78 is 13.8. The predicted molar refractivity (Wildman–Crippen MR) is 182 cm³/mol. The number of benzene rings is 1. The highest BCUT2D eigenvalue weighted by atomic mass is 19.1. The second-order valence-corrected chi connectivity index (χ2v) is 13.2. The lowest BCUT2D eigenvalue weighted by molar-refractivity contribution is 0.0712. The van der Waals surface area contributed by atoms with E-state index in [0.29, 0.717) is 30.4 Å². The summed E-state index contributed by atoms with van der Waals surface area (Å²) in [6.45, 7) is 10.0. The van der Waals surface area contributed by atoms with E-state index in [1.165, 1.54) is 5.56 Å². The second kappa shape index (κ2) is 13.2. The quantitative estimate of drug-likeness (QED) is 0.309. The van der Waals surface area contributed by atoms with Gasteiger partial charge < -0.3 is 19.6 Å². The zero-order valence-corrected chi connectivity index (χ0v) is 27.0. The van der Waals surface area contributed by atoms with Crippen molar-refractivity contribution in [3.05, 3.63) is 89.0 Å². The lowest BCUT2D eigenvalue weighted by Crippen LogP contribution is -2.47. The maximum absolute atomic E-state index is 13.8. The number of pyridine rings is 1. The summed E-state index contributed by atoms with van der Waals surface area (Å²) in [6, 6.07) is 15.1. The Morgan fingerprint density at radius 1 is 0.870 bits per heavy atom. The van der Waals surface area contributed by atoms with Crippen LogP contribution in [0.1, 0.15) is 78.5 Å². The van der Waals surface area contributed by atoms with Gasteiger partial charge in [0.2, 0.25) is 5.95 Å². The summed E-state index contributed by atoms with van der Waals surface area (Å²) in [5, 5.41) is 0. The van der Waals surface area contributed by atoms with Gasteiger partial charge in [-0.3, -0.25) is 4.79 Å². The van der Waals surface area contributed by atoms with Crippen LogP contribution in [0.4, 0.5) is 22.0 Å². The molecule has 9 heteroatoms. The molecule has 3 aromatic rings. The van der Waals surface area contributed by atoms with Crippen LogP contribution in [0.25, 0.3) is 5.57 Å². The Labute approximate surface area is 271 Å². The highest BCUT2D eigenvalue weighted by molar-refractivity contribution is 5.94. The van der Waals surface area contributed by atoms with Crippen molar-refractivity contribution in [3.8, 4) is 0 Å². The number of nitrogens with zero attached hydrogens (tertiary/aromatic N) is 7. The number of likely N-dealkylation sites (tertiary alicyclic amines) is 1. The Hall–Kier alpha value is -4.27. The van der Waals surface area contributed by atoms with Gasteiger partial charge >= 0.3 is 0 Å². The number of piperazine rings is 1. The summed E-state index contributed by atoms with van der Waals surface area (Å²) in [6.07, 6.45) is 10.5. The van der Waals surface area contributed by atoms with E-state index in [9.17, 15) is 9.18 Å². The van der Waals surface area contributed by atoms with Crippen LogP contribution in [0.15, 0.2) is 66.6 Å². The highest BCUT2D eigenvalue weighted by Gasteiger charge is 2.28. The van der Waals surface area contributed by atoms with Crippen LogP contribution in [-0.2, 0) is 0 Å². The van der Waals surface area contributed by atoms with Gasteiger partial charge in [0.1, 0.15) is 17.5 Å². The average molecular weight is 622 g/mol. The monoisotopic (exact) mass is 621 g/mol. The van der Waals surface area contributed by atoms with Crippen molar-refractivity contribution in [2.45, 2.75) is 64.3 Å². The lowest BCUT2D eigenvalue weighted by atomic mass is 9.89. The zero-order valence-electron chi connectivity index (χ0n) is 27.0. The largest absolute Gasteiger partial charge is 0.353 e. The lowest BCUT2D eigenvalue weighted by Gasteiger charge is -2.37. The van der Waals surface area contributed by atoms with Gasteiger partial charge in [-0.1, -0.05) is 36.4 Å². The number of amides is 1. The molecule has 1 aliphatic carbocycles. The van der Waals surface area contributed by atoms with Gasteiger partial charge in [0.05, 0.1) is 11.3 Å². The van der Waals surface area contributed by atoms with Crippen LogP contribution in [0.5, 0.6) is 0 Å². The summed E-state index contributed by atoms with van der Waals surface area (Å²) in [4.78, 5) is 37.2. The van der Waals surface area contributed by atoms with Gasteiger partial charge in [0, 0.05) is 70.5 Å². The van der Waals surface area contributed by atoms with Crippen molar-refractivity contribution < 1.29 is 9.18 Å². The van der Waals surface area contributed by atoms with E-state index in [-0.39, 0.29) is 11.7 Å². The number of carbonyl (C=O) groups is 1. The number of aryl methyl sites for hydroxylation is 1. The fraction of sp³-hybridized carbons (Fsp3) is 0.459. The molecular formula is C37H44FN7O. The SMILES string of the molecule is Cc1cc(C(=O)N2CCC(c3ccccc3)CC2)cnc1N1CCN(c2cc(C3=CC=C(F)CC3)nc(N3CCCC3C)n2)CC1. The van der Waals surface area contributed by atoms with Gasteiger partial charge in [-0.25, -0.2) is 14.4 Å². The highest BCUT2D eigenvalue weighted by Crippen LogP contribution is 2.33. The molecular weight excluding hydrogens is 577 g/mol. The van der Waals surface area contributed by atoms with Gasteiger partial charge in [-0.2, -0.15) is 4.98 Å². The molecule has 1 atom stereocenters. The van der Waals surface area contributed by atoms with Gasteiger partial charge in [-0.05, 0) is 80.7 Å². The summed E-state index contributed by atoms with van der Waals surface area (Å²) in [5.41, 5.74) is 5.02. The van der Waals surface area contributed by atoms with Gasteiger partial charge in [-0.15, -0.1) is 0 Å². The molecule has 8 nitrogen and oxygen atoms in total. The van der Waals surface area contributed by atoms with Crippen molar-refractivity contribution in [1.82, 2.24) is 19.9 Å². The molecule has 1 amide bonds. The normalized spacial score (nSPS) is 21.0. The van der Waals surface area contributed by atoms with E-state index in [4.69, 9.17) is 15.0 Å². The molecule has 0 bridgehead atoms. The Kier molecular flexibility index (Phi) is 8.73. The maximum Gasteiger partial charge on any atom is 0.255 e. The smallest absolute Gasteiger partial charge is 0.255 e. The molecule has 1 unspecified atom stereocenters. The number of carbonyl (C=O) groups excluding carboxylic acids is 1. The van der Waals surface area contributed by atoms with Crippen LogP contribution in [0.2, 0.25) is 0 Å². The standard InChI is InChI=1S/C37H44FN7O/c1-26-23-31(36(46)44-17-14-29(15-18-44)28-8-4-3-5-9-28)25-39-35(26)43-21-19-42(20-22-43)34-24-33(30-10-12-32(38)13-11-30)40-37(41-34)45-16-6-7-27(45)2/h3-5,8-10,12,23-25,27,29H,6-7,11,13-22H2,1-2H3.